The number of nitrogens with one attached hydrogen (secondary N) is 1. The van der Waals surface area contributed by atoms with Gasteiger partial charge in [0.25, 0.3) is 0 Å². The molecule has 0 aromatic heterocycles. The number of nitrogens with zero attached hydrogens (tertiary/aromatic N) is 3. The van der Waals surface area contributed by atoms with Gasteiger partial charge in [0.15, 0.2) is 5.96 Å². The molecule has 152 valence electrons. The normalized spacial score (nSPS) is 16.6. The molecule has 5 nitrogen and oxygen atoms in total. The van der Waals surface area contributed by atoms with Gasteiger partial charge in [-0.15, -0.1) is 0 Å². The molecule has 0 amide bonds. The van der Waals surface area contributed by atoms with Gasteiger partial charge < -0.3 is 19.9 Å². The number of ether oxygens (including phenoxy) is 1. The van der Waals surface area contributed by atoms with Crippen LogP contribution >= 0.6 is 0 Å². The highest BCUT2D eigenvalue weighted by molar-refractivity contribution is 5.79. The predicted molar refractivity (Wildman–Crippen MR) is 105 cm³/mol. The van der Waals surface area contributed by atoms with Crippen LogP contribution in [0.4, 0.5) is 8.78 Å². The summed E-state index contributed by atoms with van der Waals surface area (Å²) in [5, 5.41) is 3.33. The summed E-state index contributed by atoms with van der Waals surface area (Å²) in [6, 6.07) is 6.74. The van der Waals surface area contributed by atoms with Crippen molar-refractivity contribution in [2.75, 3.05) is 40.3 Å². The number of guanidine groups is 1. The summed E-state index contributed by atoms with van der Waals surface area (Å²) in [7, 11) is 4.17. The molecule has 2 rings (SSSR count). The molecule has 0 spiro atoms. The number of alkyl halides is 2. The summed E-state index contributed by atoms with van der Waals surface area (Å²) in [4.78, 5) is 9.21. The van der Waals surface area contributed by atoms with E-state index in [0.717, 1.165) is 37.0 Å². The molecular weight excluding hydrogens is 350 g/mol. The van der Waals surface area contributed by atoms with Crippen molar-refractivity contribution >= 4 is 5.96 Å². The summed E-state index contributed by atoms with van der Waals surface area (Å²) in [5.74, 6) is 1.81. The van der Waals surface area contributed by atoms with Gasteiger partial charge in [-0.05, 0) is 69.9 Å². The van der Waals surface area contributed by atoms with Gasteiger partial charge in [0.05, 0.1) is 0 Å². The maximum atomic E-state index is 12.2. The Morgan fingerprint density at radius 3 is 2.56 bits per heavy atom. The van der Waals surface area contributed by atoms with Crippen LogP contribution < -0.4 is 10.1 Å². The van der Waals surface area contributed by atoms with Crippen molar-refractivity contribution in [3.63, 3.8) is 0 Å². The number of aliphatic imine (C=N–C) groups is 1. The number of hydrogen-bond acceptors (Lipinski definition) is 3. The van der Waals surface area contributed by atoms with Gasteiger partial charge in [-0.1, -0.05) is 12.1 Å². The molecule has 1 aliphatic heterocycles. The molecule has 1 aliphatic rings. The molecule has 1 heterocycles. The monoisotopic (exact) mass is 382 g/mol. The van der Waals surface area contributed by atoms with Crippen molar-refractivity contribution in [3.8, 4) is 5.75 Å². The first-order chi connectivity index (χ1) is 13.0. The van der Waals surface area contributed by atoms with Crippen molar-refractivity contribution in [1.82, 2.24) is 15.1 Å². The van der Waals surface area contributed by atoms with Crippen LogP contribution in [0.25, 0.3) is 0 Å². The molecule has 27 heavy (non-hydrogen) atoms. The largest absolute Gasteiger partial charge is 0.435 e. The van der Waals surface area contributed by atoms with Crippen LogP contribution in [0.3, 0.4) is 0 Å². The highest BCUT2D eigenvalue weighted by Gasteiger charge is 2.16. The Hall–Kier alpha value is -1.89. The lowest BCUT2D eigenvalue weighted by Crippen LogP contribution is -2.38. The molecule has 1 saturated heterocycles. The molecule has 0 unspecified atom stereocenters. The maximum absolute atomic E-state index is 12.2. The van der Waals surface area contributed by atoms with E-state index in [1.807, 2.05) is 7.05 Å². The quantitative estimate of drug-likeness (QED) is 0.552. The first-order valence-electron chi connectivity index (χ1n) is 9.69. The molecule has 1 N–H and O–H groups in total. The Bertz CT molecular complexity index is 572. The number of hydrogen-bond donors (Lipinski definition) is 1. The number of benzene rings is 1. The van der Waals surface area contributed by atoms with Crippen molar-refractivity contribution in [3.05, 3.63) is 29.8 Å². The SMILES string of the molecule is CCNC(=NCCC1CCN(C)CC1)N(C)Cc1ccc(OC(F)F)cc1. The fraction of sp³-hybridized carbons (Fsp3) is 0.650. The Labute approximate surface area is 161 Å². The molecule has 0 atom stereocenters. The Balaban J connectivity index is 1.86. The van der Waals surface area contributed by atoms with E-state index in [2.05, 4.69) is 33.8 Å². The minimum Gasteiger partial charge on any atom is -0.435 e. The second kappa shape index (κ2) is 11.1. The third-order valence-electron chi connectivity index (χ3n) is 4.90. The molecule has 0 saturated carbocycles. The summed E-state index contributed by atoms with van der Waals surface area (Å²) in [5.41, 5.74) is 1.01. The van der Waals surface area contributed by atoms with Gasteiger partial charge >= 0.3 is 6.61 Å². The third-order valence-corrected chi connectivity index (χ3v) is 4.90. The second-order valence-electron chi connectivity index (χ2n) is 7.15. The van der Waals surface area contributed by atoms with E-state index in [1.54, 1.807) is 24.3 Å². The standard InChI is InChI=1S/C20H32F2N4O/c1-4-23-20(24-12-9-16-10-13-25(2)14-11-16)26(3)15-17-5-7-18(8-6-17)27-19(21)22/h5-8,16,19H,4,9-15H2,1-3H3,(H,23,24). The number of likely N-dealkylation sites (tertiary alicyclic amines) is 1. The van der Waals surface area contributed by atoms with Crippen molar-refractivity contribution in [1.29, 1.82) is 0 Å². The van der Waals surface area contributed by atoms with E-state index < -0.39 is 6.61 Å². The van der Waals surface area contributed by atoms with Crippen LogP contribution in [0.15, 0.2) is 29.3 Å². The van der Waals surface area contributed by atoms with Crippen molar-refractivity contribution in [2.24, 2.45) is 10.9 Å². The molecule has 0 bridgehead atoms. The molecule has 1 fully saturated rings. The molecule has 1 aromatic carbocycles. The summed E-state index contributed by atoms with van der Waals surface area (Å²) in [6.45, 7) is 3.89. The summed E-state index contributed by atoms with van der Waals surface area (Å²) >= 11 is 0. The van der Waals surface area contributed by atoms with E-state index >= 15 is 0 Å². The number of piperidine rings is 1. The van der Waals surface area contributed by atoms with Gasteiger partial charge in [0.1, 0.15) is 5.75 Å². The van der Waals surface area contributed by atoms with Gasteiger partial charge in [-0.2, -0.15) is 8.78 Å². The first-order valence-corrected chi connectivity index (χ1v) is 9.69. The first kappa shape index (κ1) is 21.4. The lowest BCUT2D eigenvalue weighted by Gasteiger charge is -2.28. The van der Waals surface area contributed by atoms with Gasteiger partial charge in [0, 0.05) is 26.7 Å². The number of rotatable bonds is 8. The zero-order valence-corrected chi connectivity index (χ0v) is 16.6. The Morgan fingerprint density at radius 1 is 1.30 bits per heavy atom. The van der Waals surface area contributed by atoms with E-state index in [0.29, 0.717) is 6.54 Å². The van der Waals surface area contributed by atoms with E-state index in [-0.39, 0.29) is 5.75 Å². The average Bonchev–Trinajstić information content (AvgIpc) is 2.64. The van der Waals surface area contributed by atoms with Gasteiger partial charge in [0.2, 0.25) is 0 Å². The molecule has 0 radical (unpaired) electrons. The fourth-order valence-corrected chi connectivity index (χ4v) is 3.30. The van der Waals surface area contributed by atoms with Crippen LogP contribution in [-0.2, 0) is 6.54 Å². The second-order valence-corrected chi connectivity index (χ2v) is 7.15. The Morgan fingerprint density at radius 2 is 1.96 bits per heavy atom. The molecule has 1 aromatic rings. The smallest absolute Gasteiger partial charge is 0.387 e. The molecular formula is C20H32F2N4O. The fourth-order valence-electron chi connectivity index (χ4n) is 3.30. The maximum Gasteiger partial charge on any atom is 0.387 e. The lowest BCUT2D eigenvalue weighted by molar-refractivity contribution is -0.0498. The topological polar surface area (TPSA) is 40.1 Å². The van der Waals surface area contributed by atoms with Crippen molar-refractivity contribution < 1.29 is 13.5 Å². The predicted octanol–water partition coefficient (Wildman–Crippen LogP) is 3.42. The average molecular weight is 382 g/mol. The van der Waals surface area contributed by atoms with Crippen LogP contribution in [-0.4, -0.2) is 62.6 Å². The number of halogens is 2. The van der Waals surface area contributed by atoms with E-state index in [9.17, 15) is 8.78 Å². The minimum absolute atomic E-state index is 0.176. The minimum atomic E-state index is -2.80. The summed E-state index contributed by atoms with van der Waals surface area (Å²) in [6.07, 6.45) is 3.63. The van der Waals surface area contributed by atoms with Crippen LogP contribution in [0.2, 0.25) is 0 Å². The van der Waals surface area contributed by atoms with Gasteiger partial charge in [-0.25, -0.2) is 0 Å². The van der Waals surface area contributed by atoms with Gasteiger partial charge in [-0.3, -0.25) is 4.99 Å². The van der Waals surface area contributed by atoms with Crippen LogP contribution in [0.5, 0.6) is 5.75 Å². The zero-order chi connectivity index (χ0) is 19.6. The molecule has 0 aliphatic carbocycles. The third kappa shape index (κ3) is 7.71. The van der Waals surface area contributed by atoms with E-state index in [1.165, 1.54) is 25.9 Å². The van der Waals surface area contributed by atoms with E-state index in [4.69, 9.17) is 4.99 Å². The highest BCUT2D eigenvalue weighted by atomic mass is 19.3. The lowest BCUT2D eigenvalue weighted by atomic mass is 9.94. The van der Waals surface area contributed by atoms with Crippen molar-refractivity contribution in [2.45, 2.75) is 39.3 Å². The Kier molecular flexibility index (Phi) is 8.78. The zero-order valence-electron chi connectivity index (χ0n) is 16.6. The summed E-state index contributed by atoms with van der Waals surface area (Å²) < 4.78 is 28.9. The molecule has 7 heteroatoms. The highest BCUT2D eigenvalue weighted by Crippen LogP contribution is 2.19. The van der Waals surface area contributed by atoms with Crippen LogP contribution in [0.1, 0.15) is 31.7 Å². The van der Waals surface area contributed by atoms with Crippen LogP contribution in [0, 0.1) is 5.92 Å².